The largest absolute Gasteiger partial charge is 0.495 e. The molecule has 3 aromatic rings. The number of halogens is 1. The first-order chi connectivity index (χ1) is 18.5. The summed E-state index contributed by atoms with van der Waals surface area (Å²) < 4.78 is 5.50. The SMILES string of the molecule is C=CCN(CC=C)c1cc(Cl)nc(SCc2ccc(C(=O)N3CCN(c4ccccc4OC)CC3)cc2)n1. The number of amides is 1. The van der Waals surface area contributed by atoms with Crippen LogP contribution in [0.4, 0.5) is 11.5 Å². The number of benzene rings is 2. The van der Waals surface area contributed by atoms with Gasteiger partial charge in [-0.25, -0.2) is 9.97 Å². The summed E-state index contributed by atoms with van der Waals surface area (Å²) in [7, 11) is 1.68. The first-order valence-corrected chi connectivity index (χ1v) is 13.8. The molecule has 0 unspecified atom stereocenters. The monoisotopic (exact) mass is 549 g/mol. The molecule has 1 fully saturated rings. The second kappa shape index (κ2) is 13.3. The highest BCUT2D eigenvalue weighted by Crippen LogP contribution is 2.29. The van der Waals surface area contributed by atoms with Crippen LogP contribution >= 0.6 is 23.4 Å². The van der Waals surface area contributed by atoms with Crippen molar-refractivity contribution in [2.24, 2.45) is 0 Å². The van der Waals surface area contributed by atoms with Crippen molar-refractivity contribution in [1.29, 1.82) is 0 Å². The van der Waals surface area contributed by atoms with Crippen LogP contribution in [0.5, 0.6) is 5.75 Å². The number of piperazine rings is 1. The van der Waals surface area contributed by atoms with Gasteiger partial charge in [0.2, 0.25) is 0 Å². The third-order valence-electron chi connectivity index (χ3n) is 6.25. The second-order valence-corrected chi connectivity index (χ2v) is 10.1. The molecule has 0 aliphatic carbocycles. The van der Waals surface area contributed by atoms with Gasteiger partial charge in [-0.05, 0) is 29.8 Å². The molecule has 198 valence electrons. The molecular formula is C29H32ClN5O2S. The highest BCUT2D eigenvalue weighted by atomic mass is 35.5. The Kier molecular flexibility index (Phi) is 9.67. The predicted molar refractivity (Wildman–Crippen MR) is 157 cm³/mol. The van der Waals surface area contributed by atoms with E-state index in [1.54, 1.807) is 13.2 Å². The van der Waals surface area contributed by atoms with Gasteiger partial charge < -0.3 is 19.4 Å². The van der Waals surface area contributed by atoms with E-state index in [4.69, 9.17) is 16.3 Å². The fraction of sp³-hybridized carbons (Fsp3) is 0.276. The Morgan fingerprint density at radius 2 is 1.74 bits per heavy atom. The normalized spacial score (nSPS) is 13.2. The molecule has 0 bridgehead atoms. The van der Waals surface area contributed by atoms with Crippen molar-refractivity contribution in [3.8, 4) is 5.75 Å². The Morgan fingerprint density at radius 1 is 1.05 bits per heavy atom. The molecule has 2 heterocycles. The Morgan fingerprint density at radius 3 is 2.39 bits per heavy atom. The number of nitrogens with zero attached hydrogens (tertiary/aromatic N) is 5. The first kappa shape index (κ1) is 27.5. The van der Waals surface area contributed by atoms with Crippen molar-refractivity contribution in [1.82, 2.24) is 14.9 Å². The van der Waals surface area contributed by atoms with Gasteiger partial charge in [0.25, 0.3) is 5.91 Å². The van der Waals surface area contributed by atoms with Gasteiger partial charge in [-0.1, -0.05) is 59.8 Å². The molecule has 4 rings (SSSR count). The molecule has 0 N–H and O–H groups in total. The molecule has 0 radical (unpaired) electrons. The number of ether oxygens (including phenoxy) is 1. The molecule has 0 saturated carbocycles. The highest BCUT2D eigenvalue weighted by molar-refractivity contribution is 7.98. The Labute approximate surface area is 233 Å². The van der Waals surface area contributed by atoms with Gasteiger partial charge >= 0.3 is 0 Å². The number of hydrogen-bond donors (Lipinski definition) is 0. The molecule has 1 amide bonds. The zero-order chi connectivity index (χ0) is 26.9. The van der Waals surface area contributed by atoms with Crippen LogP contribution in [0.3, 0.4) is 0 Å². The van der Waals surface area contributed by atoms with E-state index in [2.05, 4.69) is 34.1 Å². The fourth-order valence-electron chi connectivity index (χ4n) is 4.30. The summed E-state index contributed by atoms with van der Waals surface area (Å²) in [5.74, 6) is 2.30. The van der Waals surface area contributed by atoms with Gasteiger partial charge in [0.15, 0.2) is 5.16 Å². The maximum absolute atomic E-state index is 13.1. The van der Waals surface area contributed by atoms with E-state index in [1.165, 1.54) is 11.8 Å². The van der Waals surface area contributed by atoms with Crippen LogP contribution in [-0.4, -0.2) is 67.2 Å². The van der Waals surface area contributed by atoms with Gasteiger partial charge in [0, 0.05) is 56.7 Å². The standard InChI is InChI=1S/C29H32ClN5O2S/c1-4-14-34(15-5-2)27-20-26(30)31-29(32-27)38-21-22-10-12-23(13-11-22)28(36)35-18-16-33(17-19-35)24-8-6-7-9-25(24)37-3/h4-13,20H,1-2,14-19,21H2,3H3. The molecule has 1 aliphatic heterocycles. The van der Waals surface area contributed by atoms with Crippen LogP contribution in [0.1, 0.15) is 15.9 Å². The molecule has 0 atom stereocenters. The zero-order valence-electron chi connectivity index (χ0n) is 21.6. The average molecular weight is 550 g/mol. The number of thioether (sulfide) groups is 1. The molecule has 9 heteroatoms. The molecule has 1 aromatic heterocycles. The van der Waals surface area contributed by atoms with Crippen molar-refractivity contribution in [2.45, 2.75) is 10.9 Å². The Bertz CT molecular complexity index is 1250. The lowest BCUT2D eigenvalue weighted by Crippen LogP contribution is -2.48. The molecule has 0 spiro atoms. The van der Waals surface area contributed by atoms with Crippen LogP contribution in [0, 0.1) is 0 Å². The van der Waals surface area contributed by atoms with E-state index < -0.39 is 0 Å². The number of para-hydroxylation sites is 2. The van der Waals surface area contributed by atoms with E-state index in [9.17, 15) is 4.79 Å². The van der Waals surface area contributed by atoms with Crippen molar-refractivity contribution in [3.63, 3.8) is 0 Å². The van der Waals surface area contributed by atoms with E-state index >= 15 is 0 Å². The lowest BCUT2D eigenvalue weighted by molar-refractivity contribution is 0.0746. The second-order valence-electron chi connectivity index (χ2n) is 8.75. The number of aromatic nitrogens is 2. The van der Waals surface area contributed by atoms with E-state index in [0.717, 1.165) is 35.9 Å². The van der Waals surface area contributed by atoms with Crippen molar-refractivity contribution >= 4 is 40.8 Å². The molecule has 38 heavy (non-hydrogen) atoms. The van der Waals surface area contributed by atoms with Crippen molar-refractivity contribution < 1.29 is 9.53 Å². The van der Waals surface area contributed by atoms with Gasteiger partial charge in [-0.15, -0.1) is 13.2 Å². The molecule has 7 nitrogen and oxygen atoms in total. The fourth-order valence-corrected chi connectivity index (χ4v) is 5.34. The van der Waals surface area contributed by atoms with Crippen LogP contribution in [0.2, 0.25) is 5.15 Å². The van der Waals surface area contributed by atoms with Crippen LogP contribution in [-0.2, 0) is 5.75 Å². The van der Waals surface area contributed by atoms with Crippen molar-refractivity contribution in [2.75, 3.05) is 56.2 Å². The summed E-state index contributed by atoms with van der Waals surface area (Å²) in [5, 5.41) is 0.987. The van der Waals surface area contributed by atoms with E-state index in [-0.39, 0.29) is 5.91 Å². The lowest BCUT2D eigenvalue weighted by atomic mass is 10.1. The molecule has 1 saturated heterocycles. The quantitative estimate of drug-likeness (QED) is 0.134. The molecular weight excluding hydrogens is 518 g/mol. The predicted octanol–water partition coefficient (Wildman–Crippen LogP) is 5.57. The first-order valence-electron chi connectivity index (χ1n) is 12.4. The summed E-state index contributed by atoms with van der Waals surface area (Å²) in [4.78, 5) is 28.3. The number of rotatable bonds is 11. The summed E-state index contributed by atoms with van der Waals surface area (Å²) in [5.41, 5.74) is 2.83. The highest BCUT2D eigenvalue weighted by Gasteiger charge is 2.23. The third kappa shape index (κ3) is 6.88. The summed E-state index contributed by atoms with van der Waals surface area (Å²) in [6, 6.07) is 17.5. The number of hydrogen-bond acceptors (Lipinski definition) is 7. The van der Waals surface area contributed by atoms with E-state index in [1.807, 2.05) is 64.4 Å². The number of anilines is 2. The van der Waals surface area contributed by atoms with Crippen molar-refractivity contribution in [3.05, 3.63) is 96.2 Å². The molecule has 2 aromatic carbocycles. The van der Waals surface area contributed by atoms with E-state index in [0.29, 0.717) is 47.8 Å². The van der Waals surface area contributed by atoms with Crippen LogP contribution in [0.15, 0.2) is 85.1 Å². The van der Waals surface area contributed by atoms with Gasteiger partial charge in [-0.3, -0.25) is 4.79 Å². The minimum atomic E-state index is 0.0521. The smallest absolute Gasteiger partial charge is 0.253 e. The van der Waals surface area contributed by atoms with Gasteiger partial charge in [0.05, 0.1) is 12.8 Å². The maximum atomic E-state index is 13.1. The van der Waals surface area contributed by atoms with Gasteiger partial charge in [0.1, 0.15) is 16.7 Å². The summed E-state index contributed by atoms with van der Waals surface area (Å²) in [6.45, 7) is 11.7. The Hall–Kier alpha value is -3.49. The summed E-state index contributed by atoms with van der Waals surface area (Å²) in [6.07, 6.45) is 3.63. The molecule has 1 aliphatic rings. The number of methoxy groups -OCH3 is 1. The Balaban J connectivity index is 1.34. The van der Waals surface area contributed by atoms with Crippen LogP contribution < -0.4 is 14.5 Å². The zero-order valence-corrected chi connectivity index (χ0v) is 23.1. The lowest BCUT2D eigenvalue weighted by Gasteiger charge is -2.36. The summed E-state index contributed by atoms with van der Waals surface area (Å²) >= 11 is 7.77. The minimum Gasteiger partial charge on any atom is -0.495 e. The van der Waals surface area contributed by atoms with Gasteiger partial charge in [-0.2, -0.15) is 0 Å². The third-order valence-corrected chi connectivity index (χ3v) is 7.36. The maximum Gasteiger partial charge on any atom is 0.253 e. The number of carbonyl (C=O) groups is 1. The number of carbonyl (C=O) groups excluding carboxylic acids is 1. The topological polar surface area (TPSA) is 61.8 Å². The van der Waals surface area contributed by atoms with Crippen LogP contribution in [0.25, 0.3) is 0 Å². The minimum absolute atomic E-state index is 0.0521. The average Bonchev–Trinajstić information content (AvgIpc) is 2.95.